The van der Waals surface area contributed by atoms with Crippen LogP contribution in [0.3, 0.4) is 0 Å². The fourth-order valence-corrected chi connectivity index (χ4v) is 4.00. The highest BCUT2D eigenvalue weighted by atomic mass is 32.2. The molecule has 0 bridgehead atoms. The molecule has 1 saturated carbocycles. The van der Waals surface area contributed by atoms with E-state index >= 15 is 0 Å². The highest BCUT2D eigenvalue weighted by molar-refractivity contribution is 7.89. The first-order chi connectivity index (χ1) is 9.42. The van der Waals surface area contributed by atoms with E-state index in [-0.39, 0.29) is 16.5 Å². The van der Waals surface area contributed by atoms with Gasteiger partial charge < -0.3 is 5.11 Å². The van der Waals surface area contributed by atoms with Crippen molar-refractivity contribution in [2.24, 2.45) is 5.92 Å². The Hall–Kier alpha value is -0.980. The quantitative estimate of drug-likeness (QED) is 0.895. The Morgan fingerprint density at radius 2 is 2.15 bits per heavy atom. The normalized spacial score (nSPS) is 23.8. The average Bonchev–Trinajstić information content (AvgIpc) is 2.38. The zero-order chi connectivity index (χ0) is 14.8. The van der Waals surface area contributed by atoms with E-state index in [0.29, 0.717) is 5.92 Å². The van der Waals surface area contributed by atoms with Crippen molar-refractivity contribution in [3.63, 3.8) is 0 Å². The van der Waals surface area contributed by atoms with Crippen LogP contribution in [-0.2, 0) is 16.6 Å². The molecule has 1 fully saturated rings. The summed E-state index contributed by atoms with van der Waals surface area (Å²) in [5.74, 6) is -0.0876. The third kappa shape index (κ3) is 3.56. The third-order valence-electron chi connectivity index (χ3n) is 3.76. The third-order valence-corrected chi connectivity index (χ3v) is 5.27. The van der Waals surface area contributed by atoms with Crippen molar-refractivity contribution in [3.05, 3.63) is 29.6 Å². The molecule has 0 saturated heterocycles. The molecule has 4 nitrogen and oxygen atoms in total. The monoisotopic (exact) mass is 301 g/mol. The summed E-state index contributed by atoms with van der Waals surface area (Å²) in [6, 6.07) is 3.42. The van der Waals surface area contributed by atoms with Crippen molar-refractivity contribution in [2.45, 2.75) is 50.2 Å². The lowest BCUT2D eigenvalue weighted by atomic mass is 9.88. The number of hydrogen-bond donors (Lipinski definition) is 2. The standard InChI is InChI=1S/C14H20FNO3S/c1-10-3-2-4-12(7-10)16-20(18,19)13-5-6-14(15)11(8-13)9-17/h5-6,8,10,12,16-17H,2-4,7,9H2,1H3. The molecular formula is C14H20FNO3S. The van der Waals surface area contributed by atoms with Crippen molar-refractivity contribution in [2.75, 3.05) is 0 Å². The first-order valence-corrected chi connectivity index (χ1v) is 8.32. The first kappa shape index (κ1) is 15.4. The number of benzene rings is 1. The number of halogens is 1. The van der Waals surface area contributed by atoms with Gasteiger partial charge in [0.2, 0.25) is 10.0 Å². The maximum absolute atomic E-state index is 13.3. The Balaban J connectivity index is 2.17. The van der Waals surface area contributed by atoms with E-state index in [1.807, 2.05) is 0 Å². The van der Waals surface area contributed by atoms with E-state index in [2.05, 4.69) is 11.6 Å². The molecular weight excluding hydrogens is 281 g/mol. The van der Waals surface area contributed by atoms with Gasteiger partial charge in [-0.3, -0.25) is 0 Å². The van der Waals surface area contributed by atoms with Gasteiger partial charge in [0.25, 0.3) is 0 Å². The molecule has 2 unspecified atom stereocenters. The van der Waals surface area contributed by atoms with Gasteiger partial charge in [0.15, 0.2) is 0 Å². The van der Waals surface area contributed by atoms with Crippen molar-refractivity contribution >= 4 is 10.0 Å². The van der Waals surface area contributed by atoms with Gasteiger partial charge >= 0.3 is 0 Å². The van der Waals surface area contributed by atoms with Crippen molar-refractivity contribution in [3.8, 4) is 0 Å². The molecule has 0 amide bonds. The highest BCUT2D eigenvalue weighted by Gasteiger charge is 2.25. The van der Waals surface area contributed by atoms with E-state index in [1.165, 1.54) is 12.1 Å². The van der Waals surface area contributed by atoms with Gasteiger partial charge in [0, 0.05) is 11.6 Å². The first-order valence-electron chi connectivity index (χ1n) is 6.84. The molecule has 1 aromatic rings. The molecule has 0 heterocycles. The second-order valence-corrected chi connectivity index (χ2v) is 7.22. The van der Waals surface area contributed by atoms with Crippen molar-refractivity contribution in [1.29, 1.82) is 0 Å². The fourth-order valence-electron chi connectivity index (χ4n) is 2.67. The Kier molecular flexibility index (Phi) is 4.78. The second-order valence-electron chi connectivity index (χ2n) is 5.50. The minimum absolute atomic E-state index is 0.00109. The van der Waals surface area contributed by atoms with Gasteiger partial charge in [-0.15, -0.1) is 0 Å². The van der Waals surface area contributed by atoms with Gasteiger partial charge in [0.05, 0.1) is 11.5 Å². The number of hydrogen-bond acceptors (Lipinski definition) is 3. The van der Waals surface area contributed by atoms with Gasteiger partial charge in [-0.25, -0.2) is 17.5 Å². The van der Waals surface area contributed by atoms with Crippen molar-refractivity contribution < 1.29 is 17.9 Å². The van der Waals surface area contributed by atoms with Gasteiger partial charge in [-0.2, -0.15) is 0 Å². The molecule has 0 radical (unpaired) electrons. The number of aliphatic hydroxyl groups is 1. The zero-order valence-electron chi connectivity index (χ0n) is 11.5. The van der Waals surface area contributed by atoms with Crippen LogP contribution in [0.5, 0.6) is 0 Å². The summed E-state index contributed by atoms with van der Waals surface area (Å²) in [4.78, 5) is 0.00109. The van der Waals surface area contributed by atoms with Crippen LogP contribution >= 0.6 is 0 Å². The molecule has 1 aliphatic carbocycles. The van der Waals surface area contributed by atoms with Crippen LogP contribution in [0.25, 0.3) is 0 Å². The molecule has 0 spiro atoms. The van der Waals surface area contributed by atoms with Crippen molar-refractivity contribution in [1.82, 2.24) is 4.72 Å². The lowest BCUT2D eigenvalue weighted by molar-refractivity contribution is 0.275. The maximum Gasteiger partial charge on any atom is 0.240 e. The minimum atomic E-state index is -3.66. The van der Waals surface area contributed by atoms with Gasteiger partial charge in [-0.1, -0.05) is 19.8 Å². The SMILES string of the molecule is CC1CCCC(NS(=O)(=O)c2ccc(F)c(CO)c2)C1. The molecule has 20 heavy (non-hydrogen) atoms. The summed E-state index contributed by atoms with van der Waals surface area (Å²) < 4.78 is 40.5. The average molecular weight is 301 g/mol. The van der Waals surface area contributed by atoms with E-state index in [9.17, 15) is 12.8 Å². The largest absolute Gasteiger partial charge is 0.392 e. The topological polar surface area (TPSA) is 66.4 Å². The second kappa shape index (κ2) is 6.20. The van der Waals surface area contributed by atoms with E-state index < -0.39 is 22.4 Å². The fraction of sp³-hybridized carbons (Fsp3) is 0.571. The summed E-state index contributed by atoms with van der Waals surface area (Å²) in [6.45, 7) is 1.60. The molecule has 2 rings (SSSR count). The Bertz CT molecular complexity index is 574. The molecule has 1 aromatic carbocycles. The van der Waals surface area contributed by atoms with Crippen LogP contribution in [-0.4, -0.2) is 19.6 Å². The van der Waals surface area contributed by atoms with E-state index in [0.717, 1.165) is 31.7 Å². The highest BCUT2D eigenvalue weighted by Crippen LogP contribution is 2.25. The summed E-state index contributed by atoms with van der Waals surface area (Å²) in [5, 5.41) is 9.01. The molecule has 6 heteroatoms. The number of rotatable bonds is 4. The lowest BCUT2D eigenvalue weighted by Gasteiger charge is -2.27. The molecule has 0 aliphatic heterocycles. The molecule has 1 aliphatic rings. The van der Waals surface area contributed by atoms with Crippen LogP contribution < -0.4 is 4.72 Å². The Labute approximate surface area is 119 Å². The van der Waals surface area contributed by atoms with Crippen LogP contribution in [0.4, 0.5) is 4.39 Å². The molecule has 112 valence electrons. The molecule has 0 aromatic heterocycles. The van der Waals surface area contributed by atoms with Gasteiger partial charge in [-0.05, 0) is 37.0 Å². The summed E-state index contributed by atoms with van der Waals surface area (Å²) >= 11 is 0. The summed E-state index contributed by atoms with van der Waals surface area (Å²) in [6.07, 6.45) is 3.80. The zero-order valence-corrected chi connectivity index (χ0v) is 12.3. The maximum atomic E-state index is 13.3. The summed E-state index contributed by atoms with van der Waals surface area (Å²) in [7, 11) is -3.66. The van der Waals surface area contributed by atoms with Gasteiger partial charge in [0.1, 0.15) is 5.82 Å². The van der Waals surface area contributed by atoms with E-state index in [4.69, 9.17) is 5.11 Å². The smallest absolute Gasteiger partial charge is 0.240 e. The number of nitrogens with one attached hydrogen (secondary N) is 1. The molecule has 2 atom stereocenters. The number of aliphatic hydroxyl groups excluding tert-OH is 1. The minimum Gasteiger partial charge on any atom is -0.392 e. The predicted molar refractivity (Wildman–Crippen MR) is 74.1 cm³/mol. The number of sulfonamides is 1. The Morgan fingerprint density at radius 3 is 2.80 bits per heavy atom. The van der Waals surface area contributed by atoms with E-state index in [1.54, 1.807) is 0 Å². The predicted octanol–water partition coefficient (Wildman–Crippen LogP) is 2.17. The van der Waals surface area contributed by atoms with Crippen LogP contribution in [0.2, 0.25) is 0 Å². The lowest BCUT2D eigenvalue weighted by Crippen LogP contribution is -2.38. The summed E-state index contributed by atoms with van der Waals surface area (Å²) in [5.41, 5.74) is -0.00936. The van der Waals surface area contributed by atoms with Crippen LogP contribution in [0, 0.1) is 11.7 Å². The van der Waals surface area contributed by atoms with Crippen LogP contribution in [0.1, 0.15) is 38.2 Å². The molecule has 2 N–H and O–H groups in total. The Morgan fingerprint density at radius 1 is 1.40 bits per heavy atom. The van der Waals surface area contributed by atoms with Crippen LogP contribution in [0.15, 0.2) is 23.1 Å².